The van der Waals surface area contributed by atoms with Gasteiger partial charge < -0.3 is 10.1 Å². The lowest BCUT2D eigenvalue weighted by Gasteiger charge is -2.20. The van der Waals surface area contributed by atoms with E-state index in [9.17, 15) is 0 Å². The van der Waals surface area contributed by atoms with Crippen molar-refractivity contribution in [2.45, 2.75) is 32.7 Å². The first-order valence-electron chi connectivity index (χ1n) is 5.14. The predicted octanol–water partition coefficient (Wildman–Crippen LogP) is 1.51. The summed E-state index contributed by atoms with van der Waals surface area (Å²) in [5, 5.41) is 3.23. The van der Waals surface area contributed by atoms with Gasteiger partial charge in [0, 0.05) is 17.5 Å². The van der Waals surface area contributed by atoms with Gasteiger partial charge in [0.05, 0.1) is 12.8 Å². The number of ether oxygens (including phenoxy) is 1. The van der Waals surface area contributed by atoms with Crippen LogP contribution < -0.4 is 10.1 Å². The van der Waals surface area contributed by atoms with Crippen LogP contribution in [-0.2, 0) is 0 Å². The van der Waals surface area contributed by atoms with Crippen LogP contribution in [0, 0.1) is 6.92 Å². The average Bonchev–Trinajstić information content (AvgIpc) is 2.27. The molecule has 0 fully saturated rings. The SMILES string of the molecule is CNC(C)C(C)c1ncnc(OC)c1C. The maximum absolute atomic E-state index is 5.18. The molecule has 4 nitrogen and oxygen atoms in total. The Labute approximate surface area is 91.1 Å². The van der Waals surface area contributed by atoms with E-state index in [1.807, 2.05) is 14.0 Å². The molecule has 0 aliphatic rings. The minimum absolute atomic E-state index is 0.340. The van der Waals surface area contributed by atoms with Crippen molar-refractivity contribution in [1.29, 1.82) is 0 Å². The molecule has 0 aromatic carbocycles. The first-order chi connectivity index (χ1) is 7.11. The van der Waals surface area contributed by atoms with Gasteiger partial charge in [0.1, 0.15) is 6.33 Å². The Balaban J connectivity index is 3.03. The highest BCUT2D eigenvalue weighted by Crippen LogP contribution is 2.24. The van der Waals surface area contributed by atoms with E-state index in [4.69, 9.17) is 4.74 Å². The number of aromatic nitrogens is 2. The zero-order valence-corrected chi connectivity index (χ0v) is 10.0. The second-order valence-electron chi connectivity index (χ2n) is 3.76. The largest absolute Gasteiger partial charge is 0.481 e. The Hall–Kier alpha value is -1.16. The van der Waals surface area contributed by atoms with Gasteiger partial charge in [0.15, 0.2) is 0 Å². The second-order valence-corrected chi connectivity index (χ2v) is 3.76. The first kappa shape index (κ1) is 11.9. The van der Waals surface area contributed by atoms with E-state index in [1.165, 1.54) is 0 Å². The first-order valence-corrected chi connectivity index (χ1v) is 5.14. The van der Waals surface area contributed by atoms with Crippen LogP contribution in [0.1, 0.15) is 31.0 Å². The van der Waals surface area contributed by atoms with Crippen molar-refractivity contribution in [1.82, 2.24) is 15.3 Å². The molecule has 0 saturated heterocycles. The molecule has 1 rings (SSSR count). The fraction of sp³-hybridized carbons (Fsp3) is 0.636. The molecule has 84 valence electrons. The molecule has 0 aliphatic carbocycles. The zero-order chi connectivity index (χ0) is 11.4. The van der Waals surface area contributed by atoms with E-state index in [1.54, 1.807) is 13.4 Å². The van der Waals surface area contributed by atoms with E-state index >= 15 is 0 Å². The number of nitrogens with zero attached hydrogens (tertiary/aromatic N) is 2. The third-order valence-corrected chi connectivity index (χ3v) is 2.91. The number of hydrogen-bond acceptors (Lipinski definition) is 4. The summed E-state index contributed by atoms with van der Waals surface area (Å²) in [6.45, 7) is 6.28. The van der Waals surface area contributed by atoms with Crippen molar-refractivity contribution in [3.8, 4) is 5.88 Å². The maximum Gasteiger partial charge on any atom is 0.219 e. The van der Waals surface area contributed by atoms with Crippen LogP contribution in [-0.4, -0.2) is 30.2 Å². The standard InChI is InChI=1S/C11H19N3O/c1-7(9(3)12-4)10-8(2)11(15-5)14-6-13-10/h6-7,9,12H,1-5H3. The molecule has 1 aromatic rings. The lowest BCUT2D eigenvalue weighted by atomic mass is 9.96. The lowest BCUT2D eigenvalue weighted by Crippen LogP contribution is -2.28. The second kappa shape index (κ2) is 5.07. The topological polar surface area (TPSA) is 47.0 Å². The van der Waals surface area contributed by atoms with Gasteiger partial charge >= 0.3 is 0 Å². The highest BCUT2D eigenvalue weighted by atomic mass is 16.5. The third kappa shape index (κ3) is 2.45. The van der Waals surface area contributed by atoms with Crippen LogP contribution in [0.15, 0.2) is 6.33 Å². The van der Waals surface area contributed by atoms with E-state index < -0.39 is 0 Å². The van der Waals surface area contributed by atoms with Gasteiger partial charge in [0.2, 0.25) is 5.88 Å². The van der Waals surface area contributed by atoms with Gasteiger partial charge in [-0.05, 0) is 20.9 Å². The number of hydrogen-bond donors (Lipinski definition) is 1. The summed E-state index contributed by atoms with van der Waals surface area (Å²) in [7, 11) is 3.58. The molecule has 2 unspecified atom stereocenters. The normalized spacial score (nSPS) is 14.7. The molecule has 15 heavy (non-hydrogen) atoms. The third-order valence-electron chi connectivity index (χ3n) is 2.91. The number of rotatable bonds is 4. The van der Waals surface area contributed by atoms with E-state index in [0.717, 1.165) is 11.3 Å². The Morgan fingerprint density at radius 3 is 2.53 bits per heavy atom. The van der Waals surface area contributed by atoms with Gasteiger partial charge in [0.25, 0.3) is 0 Å². The quantitative estimate of drug-likeness (QED) is 0.816. The fourth-order valence-corrected chi connectivity index (χ4v) is 1.60. The Morgan fingerprint density at radius 2 is 2.00 bits per heavy atom. The fourth-order valence-electron chi connectivity index (χ4n) is 1.60. The van der Waals surface area contributed by atoms with E-state index in [-0.39, 0.29) is 0 Å². The molecule has 1 aromatic heterocycles. The smallest absolute Gasteiger partial charge is 0.219 e. The van der Waals surface area contributed by atoms with Crippen molar-refractivity contribution in [2.75, 3.05) is 14.2 Å². The maximum atomic E-state index is 5.18. The number of methoxy groups -OCH3 is 1. The highest BCUT2D eigenvalue weighted by Gasteiger charge is 2.18. The number of likely N-dealkylation sites (N-methyl/N-ethyl adjacent to an activating group) is 1. The number of nitrogens with one attached hydrogen (secondary N) is 1. The summed E-state index contributed by atoms with van der Waals surface area (Å²) in [5.41, 5.74) is 2.07. The van der Waals surface area contributed by atoms with Crippen LogP contribution in [0.4, 0.5) is 0 Å². The van der Waals surface area contributed by atoms with Crippen molar-refractivity contribution >= 4 is 0 Å². The van der Waals surface area contributed by atoms with Crippen molar-refractivity contribution < 1.29 is 4.74 Å². The van der Waals surface area contributed by atoms with E-state index in [0.29, 0.717) is 17.8 Å². The molecular formula is C11H19N3O. The molecule has 0 spiro atoms. The average molecular weight is 209 g/mol. The zero-order valence-electron chi connectivity index (χ0n) is 10.0. The Morgan fingerprint density at radius 1 is 1.33 bits per heavy atom. The van der Waals surface area contributed by atoms with Gasteiger partial charge in [-0.1, -0.05) is 6.92 Å². The molecular weight excluding hydrogens is 190 g/mol. The summed E-state index contributed by atoms with van der Waals surface area (Å²) >= 11 is 0. The summed E-state index contributed by atoms with van der Waals surface area (Å²) in [4.78, 5) is 8.40. The van der Waals surface area contributed by atoms with Crippen LogP contribution in [0.5, 0.6) is 5.88 Å². The highest BCUT2D eigenvalue weighted by molar-refractivity contribution is 5.30. The van der Waals surface area contributed by atoms with Crippen molar-refractivity contribution in [3.05, 3.63) is 17.6 Å². The van der Waals surface area contributed by atoms with Crippen molar-refractivity contribution in [2.24, 2.45) is 0 Å². The molecule has 0 saturated carbocycles. The summed E-state index contributed by atoms with van der Waals surface area (Å²) in [6, 6.07) is 0.378. The van der Waals surface area contributed by atoms with E-state index in [2.05, 4.69) is 29.1 Å². The van der Waals surface area contributed by atoms with Gasteiger partial charge in [-0.3, -0.25) is 0 Å². The van der Waals surface area contributed by atoms with Crippen molar-refractivity contribution in [3.63, 3.8) is 0 Å². The molecule has 0 bridgehead atoms. The molecule has 0 radical (unpaired) electrons. The predicted molar refractivity (Wildman–Crippen MR) is 60.3 cm³/mol. The van der Waals surface area contributed by atoms with Gasteiger partial charge in [-0.25, -0.2) is 9.97 Å². The molecule has 0 aliphatic heterocycles. The van der Waals surface area contributed by atoms with Crippen LogP contribution in [0.25, 0.3) is 0 Å². The summed E-state index contributed by atoms with van der Waals surface area (Å²) in [6.07, 6.45) is 1.56. The molecule has 1 heterocycles. The van der Waals surface area contributed by atoms with Gasteiger partial charge in [-0.2, -0.15) is 0 Å². The Bertz CT molecular complexity index is 328. The van der Waals surface area contributed by atoms with Crippen LogP contribution in [0.3, 0.4) is 0 Å². The summed E-state index contributed by atoms with van der Waals surface area (Å²) in [5.74, 6) is 1.00. The molecule has 4 heteroatoms. The van der Waals surface area contributed by atoms with Crippen LogP contribution in [0.2, 0.25) is 0 Å². The minimum Gasteiger partial charge on any atom is -0.481 e. The molecule has 1 N–H and O–H groups in total. The minimum atomic E-state index is 0.340. The Kier molecular flexibility index (Phi) is 4.03. The van der Waals surface area contributed by atoms with Crippen LogP contribution >= 0.6 is 0 Å². The lowest BCUT2D eigenvalue weighted by molar-refractivity contribution is 0.390. The summed E-state index contributed by atoms with van der Waals surface area (Å²) < 4.78 is 5.18. The van der Waals surface area contributed by atoms with Gasteiger partial charge in [-0.15, -0.1) is 0 Å². The molecule has 0 amide bonds. The molecule has 2 atom stereocenters. The monoisotopic (exact) mass is 209 g/mol.